The number of imidazole rings is 1. The first-order chi connectivity index (χ1) is 20.0. The number of nitrogens with one attached hydrogen (secondary N) is 1. The van der Waals surface area contributed by atoms with Gasteiger partial charge < -0.3 is 5.32 Å². The van der Waals surface area contributed by atoms with Crippen molar-refractivity contribution >= 4 is 28.5 Å². The van der Waals surface area contributed by atoms with Crippen molar-refractivity contribution in [1.29, 1.82) is 0 Å². The number of hydrogen-bond acceptors (Lipinski definition) is 4. The summed E-state index contributed by atoms with van der Waals surface area (Å²) < 4.78 is 67.6. The minimum absolute atomic E-state index is 0.0889. The van der Waals surface area contributed by atoms with Gasteiger partial charge in [-0.1, -0.05) is 23.7 Å². The van der Waals surface area contributed by atoms with Crippen molar-refractivity contribution in [2.75, 3.05) is 0 Å². The van der Waals surface area contributed by atoms with E-state index >= 15 is 0 Å². The van der Waals surface area contributed by atoms with Gasteiger partial charge in [0.25, 0.3) is 12.3 Å². The zero-order chi connectivity index (χ0) is 30.0. The quantitative estimate of drug-likeness (QED) is 0.227. The Balaban J connectivity index is 1.28. The second-order valence-corrected chi connectivity index (χ2v) is 10.9. The van der Waals surface area contributed by atoms with Crippen LogP contribution in [0, 0.1) is 5.92 Å². The molecule has 0 aliphatic heterocycles. The van der Waals surface area contributed by atoms with Crippen LogP contribution in [0.4, 0.5) is 22.0 Å². The third kappa shape index (κ3) is 6.64. The average molecular weight is 608 g/mol. The number of benzene rings is 1. The number of carbonyl (C=O) groups is 1. The molecule has 222 valence electrons. The molecule has 0 radical (unpaired) electrons. The average Bonchev–Trinajstić information content (AvgIpc) is 3.23. The summed E-state index contributed by atoms with van der Waals surface area (Å²) >= 11 is 5.88. The van der Waals surface area contributed by atoms with Crippen molar-refractivity contribution < 1.29 is 26.7 Å². The fraction of sp³-hybridized carbons (Fsp3) is 0.379. The van der Waals surface area contributed by atoms with Crippen LogP contribution >= 0.6 is 11.6 Å². The van der Waals surface area contributed by atoms with Crippen molar-refractivity contribution in [3.8, 4) is 5.69 Å². The van der Waals surface area contributed by atoms with E-state index in [2.05, 4.69) is 15.3 Å². The maximum absolute atomic E-state index is 13.6. The minimum Gasteiger partial charge on any atom is -0.349 e. The van der Waals surface area contributed by atoms with Crippen LogP contribution < -0.4 is 11.0 Å². The lowest BCUT2D eigenvalue weighted by Gasteiger charge is -2.29. The van der Waals surface area contributed by atoms with Crippen molar-refractivity contribution in [1.82, 2.24) is 24.4 Å². The van der Waals surface area contributed by atoms with Gasteiger partial charge in [0.15, 0.2) is 0 Å². The minimum atomic E-state index is -4.28. The molecule has 1 saturated carbocycles. The summed E-state index contributed by atoms with van der Waals surface area (Å²) in [5.41, 5.74) is 0.952. The van der Waals surface area contributed by atoms with Crippen LogP contribution in [0.1, 0.15) is 60.3 Å². The summed E-state index contributed by atoms with van der Waals surface area (Å²) in [4.78, 5) is 34.1. The van der Waals surface area contributed by atoms with Crippen molar-refractivity contribution in [3.05, 3.63) is 87.3 Å². The number of amides is 1. The highest BCUT2D eigenvalue weighted by Gasteiger charge is 2.28. The number of carbonyl (C=O) groups excluding carboxylic acids is 1. The van der Waals surface area contributed by atoms with Gasteiger partial charge in [-0.05, 0) is 68.4 Å². The molecule has 3 heterocycles. The highest BCUT2D eigenvalue weighted by Crippen LogP contribution is 2.29. The van der Waals surface area contributed by atoms with E-state index in [1.165, 1.54) is 22.9 Å². The standard InChI is InChI=1S/C29H27ClF5N5O2/c30-18-13-22(25(26(31)32)37-14-18)27(41)38-20-7-5-17(6-8-20)16-39-23-3-1-2-4-24(23)40(28(39)42)21-10-9-19(36-15-21)11-12-29(33,34)35/h1-4,9-10,13-15,17,20,26H,5-8,11-12,16H2,(H,38,41). The van der Waals surface area contributed by atoms with E-state index in [0.717, 1.165) is 6.20 Å². The van der Waals surface area contributed by atoms with Gasteiger partial charge in [-0.3, -0.25) is 23.9 Å². The number of para-hydroxylation sites is 2. The topological polar surface area (TPSA) is 81.8 Å². The predicted molar refractivity (Wildman–Crippen MR) is 147 cm³/mol. The van der Waals surface area contributed by atoms with Gasteiger partial charge in [0.2, 0.25) is 0 Å². The summed E-state index contributed by atoms with van der Waals surface area (Å²) in [5.74, 6) is -0.525. The van der Waals surface area contributed by atoms with Gasteiger partial charge in [-0.2, -0.15) is 13.2 Å². The van der Waals surface area contributed by atoms with E-state index in [4.69, 9.17) is 11.6 Å². The molecule has 0 spiro atoms. The molecular weight excluding hydrogens is 581 g/mol. The maximum atomic E-state index is 13.6. The monoisotopic (exact) mass is 607 g/mol. The van der Waals surface area contributed by atoms with Crippen LogP contribution in [0.3, 0.4) is 0 Å². The first kappa shape index (κ1) is 29.7. The van der Waals surface area contributed by atoms with Gasteiger partial charge >= 0.3 is 11.9 Å². The molecule has 0 saturated heterocycles. The van der Waals surface area contributed by atoms with Gasteiger partial charge in [-0.25, -0.2) is 13.6 Å². The Kier molecular flexibility index (Phi) is 8.63. The number of fused-ring (bicyclic) bond motifs is 1. The molecular formula is C29H27ClF5N5O2. The second-order valence-electron chi connectivity index (χ2n) is 10.4. The Labute approximate surface area is 242 Å². The number of nitrogens with zero attached hydrogens (tertiary/aromatic N) is 4. The fourth-order valence-electron chi connectivity index (χ4n) is 5.42. The molecule has 0 unspecified atom stereocenters. The Hall–Kier alpha value is -3.80. The third-order valence-electron chi connectivity index (χ3n) is 7.53. The molecule has 4 aromatic rings. The number of rotatable bonds is 8. The molecule has 5 rings (SSSR count). The smallest absolute Gasteiger partial charge is 0.349 e. The fourth-order valence-corrected chi connectivity index (χ4v) is 5.58. The summed E-state index contributed by atoms with van der Waals surface area (Å²) in [5, 5.41) is 2.91. The van der Waals surface area contributed by atoms with Gasteiger partial charge in [0, 0.05) is 30.9 Å². The van der Waals surface area contributed by atoms with Gasteiger partial charge in [0.05, 0.1) is 33.5 Å². The Morgan fingerprint density at radius 3 is 2.38 bits per heavy atom. The number of alkyl halides is 5. The number of halogens is 6. The van der Waals surface area contributed by atoms with E-state index in [9.17, 15) is 31.5 Å². The molecule has 0 bridgehead atoms. The molecule has 13 heteroatoms. The highest BCUT2D eigenvalue weighted by atomic mass is 35.5. The van der Waals surface area contributed by atoms with Gasteiger partial charge in [-0.15, -0.1) is 0 Å². The number of aromatic nitrogens is 4. The van der Waals surface area contributed by atoms with Crippen LogP contribution in [-0.4, -0.2) is 37.2 Å². The second kappa shape index (κ2) is 12.2. The summed E-state index contributed by atoms with van der Waals surface area (Å²) in [7, 11) is 0. The molecule has 3 aromatic heterocycles. The Morgan fingerprint density at radius 2 is 1.74 bits per heavy atom. The van der Waals surface area contributed by atoms with E-state index in [0.29, 0.717) is 48.9 Å². The molecule has 1 fully saturated rings. The van der Waals surface area contributed by atoms with E-state index < -0.39 is 30.6 Å². The number of pyridine rings is 2. The van der Waals surface area contributed by atoms with Crippen LogP contribution in [0.25, 0.3) is 16.7 Å². The SMILES string of the molecule is O=C(NC1CCC(Cn2c(=O)n(-c3ccc(CCC(F)(F)F)nc3)c3ccccc32)CC1)c1cc(Cl)cnc1C(F)F. The van der Waals surface area contributed by atoms with Crippen molar-refractivity contribution in [3.63, 3.8) is 0 Å². The first-order valence-electron chi connectivity index (χ1n) is 13.5. The molecule has 1 aromatic carbocycles. The molecule has 1 amide bonds. The van der Waals surface area contributed by atoms with Crippen LogP contribution in [0.5, 0.6) is 0 Å². The van der Waals surface area contributed by atoms with Crippen molar-refractivity contribution in [2.45, 2.75) is 63.7 Å². The molecule has 1 aliphatic carbocycles. The highest BCUT2D eigenvalue weighted by molar-refractivity contribution is 6.30. The van der Waals surface area contributed by atoms with Crippen LogP contribution in [0.2, 0.25) is 5.02 Å². The molecule has 1 aliphatic rings. The first-order valence-corrected chi connectivity index (χ1v) is 13.8. The van der Waals surface area contributed by atoms with Crippen molar-refractivity contribution in [2.24, 2.45) is 5.92 Å². The molecule has 0 atom stereocenters. The zero-order valence-corrected chi connectivity index (χ0v) is 23.0. The molecule has 1 N–H and O–H groups in total. The molecule has 42 heavy (non-hydrogen) atoms. The Bertz CT molecular complexity index is 1630. The Morgan fingerprint density at radius 1 is 1.02 bits per heavy atom. The van der Waals surface area contributed by atoms with E-state index in [1.807, 2.05) is 12.1 Å². The van der Waals surface area contributed by atoms with E-state index in [1.54, 1.807) is 22.8 Å². The van der Waals surface area contributed by atoms with Crippen LogP contribution in [-0.2, 0) is 13.0 Å². The lowest BCUT2D eigenvalue weighted by atomic mass is 9.85. The lowest BCUT2D eigenvalue weighted by molar-refractivity contribution is -0.134. The number of aryl methyl sites for hydroxylation is 1. The third-order valence-corrected chi connectivity index (χ3v) is 7.73. The largest absolute Gasteiger partial charge is 0.389 e. The lowest BCUT2D eigenvalue weighted by Crippen LogP contribution is -2.39. The summed E-state index contributed by atoms with van der Waals surface area (Å²) in [6, 6.07) is 11.3. The summed E-state index contributed by atoms with van der Waals surface area (Å²) in [6.45, 7) is 0.428. The maximum Gasteiger partial charge on any atom is 0.389 e. The molecule has 7 nitrogen and oxygen atoms in total. The predicted octanol–water partition coefficient (Wildman–Crippen LogP) is 6.66. The normalized spacial score (nSPS) is 17.6. The zero-order valence-electron chi connectivity index (χ0n) is 22.3. The number of hydrogen-bond donors (Lipinski definition) is 1. The summed E-state index contributed by atoms with van der Waals surface area (Å²) in [6.07, 6.45) is -3.32. The van der Waals surface area contributed by atoms with E-state index in [-0.39, 0.29) is 40.4 Å². The van der Waals surface area contributed by atoms with Crippen LogP contribution in [0.15, 0.2) is 59.7 Å². The van der Waals surface area contributed by atoms with Gasteiger partial charge in [0.1, 0.15) is 5.69 Å².